The van der Waals surface area contributed by atoms with E-state index < -0.39 is 5.97 Å². The van der Waals surface area contributed by atoms with E-state index in [4.69, 9.17) is 28.3 Å². The second kappa shape index (κ2) is 3.69. The minimum absolute atomic E-state index is 0.0105. The summed E-state index contributed by atoms with van der Waals surface area (Å²) in [6, 6.07) is 0. The number of carboxylic acid groups (broad SMARTS) is 1. The van der Waals surface area contributed by atoms with E-state index >= 15 is 0 Å². The van der Waals surface area contributed by atoms with Gasteiger partial charge in [-0.15, -0.1) is 11.6 Å². The second-order valence-electron chi connectivity index (χ2n) is 1.92. The van der Waals surface area contributed by atoms with Crippen LogP contribution < -0.4 is 0 Å². The van der Waals surface area contributed by atoms with Crippen LogP contribution in [0.5, 0.6) is 0 Å². The largest absolute Gasteiger partial charge is 0.476 e. The topological polar surface area (TPSA) is 63.1 Å². The van der Waals surface area contributed by atoms with Crippen LogP contribution in [0, 0.1) is 0 Å². The molecule has 1 aromatic heterocycles. The summed E-state index contributed by atoms with van der Waals surface area (Å²) in [4.78, 5) is 17.8. The molecule has 1 heterocycles. The maximum Gasteiger partial charge on any atom is 0.356 e. The van der Waals surface area contributed by atoms with Gasteiger partial charge in [-0.2, -0.15) is 0 Å². The van der Waals surface area contributed by atoms with Crippen molar-refractivity contribution in [2.24, 2.45) is 0 Å². The van der Waals surface area contributed by atoms with Crippen LogP contribution in [-0.4, -0.2) is 21.0 Å². The third-order valence-corrected chi connectivity index (χ3v) is 1.63. The predicted octanol–water partition coefficient (Wildman–Crippen LogP) is 1.57. The SMILES string of the molecule is O=C(O)c1nc(CCl)ncc1Cl. The van der Waals surface area contributed by atoms with E-state index in [1.54, 1.807) is 0 Å². The lowest BCUT2D eigenvalue weighted by molar-refractivity contribution is 0.0690. The van der Waals surface area contributed by atoms with Gasteiger partial charge in [-0.25, -0.2) is 14.8 Å². The Bertz CT molecular complexity index is 316. The molecule has 0 spiro atoms. The van der Waals surface area contributed by atoms with Crippen molar-refractivity contribution in [1.82, 2.24) is 9.97 Å². The highest BCUT2D eigenvalue weighted by Crippen LogP contribution is 2.12. The first kappa shape index (κ1) is 9.22. The summed E-state index contributed by atoms with van der Waals surface area (Å²) in [5, 5.41) is 8.58. The van der Waals surface area contributed by atoms with Crippen molar-refractivity contribution in [1.29, 1.82) is 0 Å². The van der Waals surface area contributed by atoms with Crippen LogP contribution in [0.15, 0.2) is 6.20 Å². The van der Waals surface area contributed by atoms with Gasteiger partial charge in [-0.3, -0.25) is 0 Å². The van der Waals surface area contributed by atoms with Gasteiger partial charge in [0.15, 0.2) is 5.69 Å². The van der Waals surface area contributed by atoms with Crippen LogP contribution in [-0.2, 0) is 5.88 Å². The van der Waals surface area contributed by atoms with Crippen molar-refractivity contribution in [2.45, 2.75) is 5.88 Å². The van der Waals surface area contributed by atoms with Crippen LogP contribution in [0.1, 0.15) is 16.3 Å². The number of halogens is 2. The Kier molecular flexibility index (Phi) is 2.83. The highest BCUT2D eigenvalue weighted by Gasteiger charge is 2.11. The molecule has 1 aromatic rings. The number of rotatable bonds is 2. The first-order valence-electron chi connectivity index (χ1n) is 2.96. The summed E-state index contributed by atoms with van der Waals surface area (Å²) in [5.74, 6) is -0.871. The fourth-order valence-electron chi connectivity index (χ4n) is 0.618. The Morgan fingerprint density at radius 3 is 2.83 bits per heavy atom. The normalized spacial score (nSPS) is 9.83. The molecule has 4 nitrogen and oxygen atoms in total. The molecular formula is C6H4Cl2N2O2. The first-order valence-corrected chi connectivity index (χ1v) is 3.87. The van der Waals surface area contributed by atoms with Crippen molar-refractivity contribution < 1.29 is 9.90 Å². The summed E-state index contributed by atoms with van der Waals surface area (Å²) in [7, 11) is 0. The van der Waals surface area contributed by atoms with Crippen LogP contribution in [0.25, 0.3) is 0 Å². The Balaban J connectivity index is 3.17. The Labute approximate surface area is 78.2 Å². The lowest BCUT2D eigenvalue weighted by Crippen LogP contribution is -2.04. The van der Waals surface area contributed by atoms with Gasteiger partial charge in [0.1, 0.15) is 5.82 Å². The van der Waals surface area contributed by atoms with Crippen molar-refractivity contribution in [3.63, 3.8) is 0 Å². The smallest absolute Gasteiger partial charge is 0.356 e. The monoisotopic (exact) mass is 206 g/mol. The summed E-state index contributed by atoms with van der Waals surface area (Å²) in [6.45, 7) is 0. The molecule has 0 saturated carbocycles. The molecule has 0 saturated heterocycles. The van der Waals surface area contributed by atoms with E-state index in [0.717, 1.165) is 0 Å². The minimum atomic E-state index is -1.19. The summed E-state index contributed by atoms with van der Waals surface area (Å²) < 4.78 is 0. The van der Waals surface area contributed by atoms with E-state index in [1.807, 2.05) is 0 Å². The van der Waals surface area contributed by atoms with Gasteiger partial charge in [0.25, 0.3) is 0 Å². The van der Waals surface area contributed by atoms with Crippen LogP contribution >= 0.6 is 23.2 Å². The molecule has 0 aliphatic heterocycles. The number of aromatic carboxylic acids is 1. The lowest BCUT2D eigenvalue weighted by atomic mass is 10.4. The third-order valence-electron chi connectivity index (χ3n) is 1.12. The predicted molar refractivity (Wildman–Crippen MR) is 43.6 cm³/mol. The zero-order chi connectivity index (χ0) is 9.14. The van der Waals surface area contributed by atoms with Crippen LogP contribution in [0.3, 0.4) is 0 Å². The van der Waals surface area contributed by atoms with Gasteiger partial charge in [0.05, 0.1) is 17.1 Å². The number of carbonyl (C=O) groups is 1. The second-order valence-corrected chi connectivity index (χ2v) is 2.60. The van der Waals surface area contributed by atoms with Crippen molar-refractivity contribution in [3.8, 4) is 0 Å². The van der Waals surface area contributed by atoms with Gasteiger partial charge in [0.2, 0.25) is 0 Å². The Morgan fingerprint density at radius 2 is 2.33 bits per heavy atom. The van der Waals surface area contributed by atoms with E-state index in [9.17, 15) is 4.79 Å². The molecule has 0 fully saturated rings. The molecule has 0 atom stereocenters. The van der Waals surface area contributed by atoms with Crippen molar-refractivity contribution in [3.05, 3.63) is 22.7 Å². The van der Waals surface area contributed by atoms with Gasteiger partial charge in [-0.1, -0.05) is 11.6 Å². The molecule has 1 N–H and O–H groups in total. The van der Waals surface area contributed by atoms with E-state index in [1.165, 1.54) is 6.20 Å². The average Bonchev–Trinajstić information content (AvgIpc) is 2.05. The number of hydrogen-bond acceptors (Lipinski definition) is 3. The van der Waals surface area contributed by atoms with Crippen LogP contribution in [0.4, 0.5) is 0 Å². The molecular weight excluding hydrogens is 203 g/mol. The highest BCUT2D eigenvalue weighted by atomic mass is 35.5. The lowest BCUT2D eigenvalue weighted by Gasteiger charge is -1.98. The zero-order valence-corrected chi connectivity index (χ0v) is 7.30. The summed E-state index contributed by atoms with van der Waals surface area (Å²) >= 11 is 10.9. The molecule has 64 valence electrons. The number of hydrogen-bond donors (Lipinski definition) is 1. The summed E-state index contributed by atoms with van der Waals surface area (Å²) in [5.41, 5.74) is -0.220. The quantitative estimate of drug-likeness (QED) is 0.747. The molecule has 1 rings (SSSR count). The third kappa shape index (κ3) is 1.84. The maximum absolute atomic E-state index is 10.5. The zero-order valence-electron chi connectivity index (χ0n) is 5.79. The van der Waals surface area contributed by atoms with E-state index in [2.05, 4.69) is 9.97 Å². The molecule has 0 aliphatic rings. The number of nitrogens with zero attached hydrogens (tertiary/aromatic N) is 2. The fraction of sp³-hybridized carbons (Fsp3) is 0.167. The fourth-order valence-corrected chi connectivity index (χ4v) is 0.919. The number of alkyl halides is 1. The van der Waals surface area contributed by atoms with Gasteiger partial charge < -0.3 is 5.11 Å². The van der Waals surface area contributed by atoms with Gasteiger partial charge >= 0.3 is 5.97 Å². The minimum Gasteiger partial charge on any atom is -0.476 e. The van der Waals surface area contributed by atoms with Gasteiger partial charge in [0, 0.05) is 0 Å². The highest BCUT2D eigenvalue weighted by molar-refractivity contribution is 6.33. The molecule has 12 heavy (non-hydrogen) atoms. The van der Waals surface area contributed by atoms with E-state index in [-0.39, 0.29) is 22.4 Å². The first-order chi connectivity index (χ1) is 5.65. The summed E-state index contributed by atoms with van der Waals surface area (Å²) in [6.07, 6.45) is 1.22. The van der Waals surface area contributed by atoms with Crippen molar-refractivity contribution in [2.75, 3.05) is 0 Å². The van der Waals surface area contributed by atoms with Crippen molar-refractivity contribution >= 4 is 29.2 Å². The number of carboxylic acids is 1. The average molecular weight is 207 g/mol. The Morgan fingerprint density at radius 1 is 1.67 bits per heavy atom. The Hall–Kier alpha value is -0.870. The molecule has 0 unspecified atom stereocenters. The molecule has 0 bridgehead atoms. The number of aromatic nitrogens is 2. The molecule has 0 radical (unpaired) electrons. The van der Waals surface area contributed by atoms with Gasteiger partial charge in [-0.05, 0) is 0 Å². The van der Waals surface area contributed by atoms with Crippen LogP contribution in [0.2, 0.25) is 5.02 Å². The molecule has 0 amide bonds. The maximum atomic E-state index is 10.5. The van der Waals surface area contributed by atoms with E-state index in [0.29, 0.717) is 0 Å². The molecule has 6 heteroatoms. The molecule has 0 aromatic carbocycles. The molecule has 0 aliphatic carbocycles. The standard InChI is InChI=1S/C6H4Cl2N2O2/c7-1-4-9-2-3(8)5(10-4)6(11)12/h2H,1H2,(H,11,12).